The maximum absolute atomic E-state index is 13.9. The van der Waals surface area contributed by atoms with Gasteiger partial charge in [0.2, 0.25) is 5.91 Å². The van der Waals surface area contributed by atoms with Crippen molar-refractivity contribution in [1.82, 2.24) is 0 Å². The number of carbonyl (C=O) groups is 1. The van der Waals surface area contributed by atoms with Gasteiger partial charge in [0.1, 0.15) is 5.82 Å². The topological polar surface area (TPSA) is 48.0 Å². The van der Waals surface area contributed by atoms with Gasteiger partial charge in [0.05, 0.1) is 27.2 Å². The van der Waals surface area contributed by atoms with Gasteiger partial charge in [0.15, 0.2) is 11.5 Å². The zero-order chi connectivity index (χ0) is 18.2. The molecule has 0 N–H and O–H groups in total. The van der Waals surface area contributed by atoms with Crippen LogP contribution in [0.25, 0.3) is 0 Å². The molecule has 0 unspecified atom stereocenters. The van der Waals surface area contributed by atoms with Gasteiger partial charge in [-0.1, -0.05) is 18.2 Å². The van der Waals surface area contributed by atoms with Gasteiger partial charge in [-0.05, 0) is 23.8 Å². The van der Waals surface area contributed by atoms with Crippen LogP contribution in [0, 0.1) is 5.82 Å². The number of anilines is 1. The number of carbonyl (C=O) groups excluding carboxylic acids is 1. The molecule has 2 aromatic rings. The van der Waals surface area contributed by atoms with Crippen LogP contribution >= 0.6 is 0 Å². The molecule has 0 spiro atoms. The van der Waals surface area contributed by atoms with Crippen molar-refractivity contribution in [1.29, 1.82) is 0 Å². The largest absolute Gasteiger partial charge is 0.493 e. The molecule has 2 aromatic carbocycles. The number of benzene rings is 2. The Hall–Kier alpha value is -2.60. The first-order valence-corrected chi connectivity index (χ1v) is 7.85. The molecule has 0 aliphatic heterocycles. The van der Waals surface area contributed by atoms with E-state index < -0.39 is 5.82 Å². The van der Waals surface area contributed by atoms with Gasteiger partial charge in [-0.2, -0.15) is 0 Å². The maximum atomic E-state index is 13.9. The minimum atomic E-state index is -0.394. The molecule has 6 heteroatoms. The summed E-state index contributed by atoms with van der Waals surface area (Å²) >= 11 is 0. The lowest BCUT2D eigenvalue weighted by atomic mass is 10.1. The van der Waals surface area contributed by atoms with E-state index in [0.29, 0.717) is 35.9 Å². The third-order valence-corrected chi connectivity index (χ3v) is 3.80. The molecule has 0 radical (unpaired) electrons. The average Bonchev–Trinajstić information content (AvgIpc) is 2.63. The SMILES string of the molecule is COCCN(C(=O)Cc1ccccc1F)c1ccc(OC)c(OC)c1. The van der Waals surface area contributed by atoms with Crippen molar-refractivity contribution in [2.45, 2.75) is 6.42 Å². The van der Waals surface area contributed by atoms with Gasteiger partial charge in [-0.15, -0.1) is 0 Å². The van der Waals surface area contributed by atoms with Crippen LogP contribution in [0.3, 0.4) is 0 Å². The molecule has 0 saturated heterocycles. The summed E-state index contributed by atoms with van der Waals surface area (Å²) < 4.78 is 29.5. The summed E-state index contributed by atoms with van der Waals surface area (Å²) in [5, 5.41) is 0. The Morgan fingerprint density at radius 2 is 1.76 bits per heavy atom. The monoisotopic (exact) mass is 347 g/mol. The fourth-order valence-electron chi connectivity index (χ4n) is 2.47. The van der Waals surface area contributed by atoms with Crippen molar-refractivity contribution < 1.29 is 23.4 Å². The number of nitrogens with zero attached hydrogens (tertiary/aromatic N) is 1. The Morgan fingerprint density at radius 3 is 2.40 bits per heavy atom. The van der Waals surface area contributed by atoms with Gasteiger partial charge >= 0.3 is 0 Å². The van der Waals surface area contributed by atoms with Crippen LogP contribution in [0.2, 0.25) is 0 Å². The molecule has 0 fully saturated rings. The van der Waals surface area contributed by atoms with E-state index in [-0.39, 0.29) is 12.3 Å². The standard InChI is InChI=1S/C19H22FNO4/c1-23-11-10-21(15-8-9-17(24-2)18(13-15)25-3)19(22)12-14-6-4-5-7-16(14)20/h4-9,13H,10-12H2,1-3H3. The molecule has 134 valence electrons. The first-order valence-electron chi connectivity index (χ1n) is 7.85. The summed E-state index contributed by atoms with van der Waals surface area (Å²) in [6.45, 7) is 0.705. The molecule has 0 heterocycles. The van der Waals surface area contributed by atoms with Crippen molar-refractivity contribution in [2.75, 3.05) is 39.4 Å². The molecule has 0 atom stereocenters. The number of methoxy groups -OCH3 is 3. The lowest BCUT2D eigenvalue weighted by Gasteiger charge is -2.24. The Balaban J connectivity index is 2.29. The normalized spacial score (nSPS) is 10.4. The van der Waals surface area contributed by atoms with E-state index in [1.54, 1.807) is 55.5 Å². The first kappa shape index (κ1) is 18.7. The van der Waals surface area contributed by atoms with Crippen molar-refractivity contribution in [3.8, 4) is 11.5 Å². The van der Waals surface area contributed by atoms with Crippen LogP contribution in [0.15, 0.2) is 42.5 Å². The number of rotatable bonds is 8. The minimum Gasteiger partial charge on any atom is -0.493 e. The number of halogens is 1. The fraction of sp³-hybridized carbons (Fsp3) is 0.316. The van der Waals surface area contributed by atoms with Gasteiger partial charge in [-0.25, -0.2) is 4.39 Å². The Bertz CT molecular complexity index is 720. The summed E-state index contributed by atoms with van der Waals surface area (Å²) in [6, 6.07) is 11.5. The summed E-state index contributed by atoms with van der Waals surface area (Å²) in [6.07, 6.45) is -0.0370. The van der Waals surface area contributed by atoms with Crippen LogP contribution < -0.4 is 14.4 Å². The molecule has 0 aromatic heterocycles. The molecule has 25 heavy (non-hydrogen) atoms. The highest BCUT2D eigenvalue weighted by atomic mass is 19.1. The van der Waals surface area contributed by atoms with Crippen LogP contribution in [-0.4, -0.2) is 40.4 Å². The third kappa shape index (κ3) is 4.70. The minimum absolute atomic E-state index is 0.0370. The average molecular weight is 347 g/mol. The van der Waals surface area contributed by atoms with Gasteiger partial charge in [0.25, 0.3) is 0 Å². The van der Waals surface area contributed by atoms with Crippen molar-refractivity contribution in [3.63, 3.8) is 0 Å². The molecule has 5 nitrogen and oxygen atoms in total. The van der Waals surface area contributed by atoms with E-state index in [1.807, 2.05) is 0 Å². The molecule has 2 rings (SSSR count). The quantitative estimate of drug-likeness (QED) is 0.736. The Kier molecular flexibility index (Phi) is 6.77. The van der Waals surface area contributed by atoms with Crippen LogP contribution in [0.1, 0.15) is 5.56 Å². The maximum Gasteiger partial charge on any atom is 0.231 e. The zero-order valence-electron chi connectivity index (χ0n) is 14.6. The second kappa shape index (κ2) is 9.03. The first-order chi connectivity index (χ1) is 12.1. The third-order valence-electron chi connectivity index (χ3n) is 3.80. The predicted octanol–water partition coefficient (Wildman–Crippen LogP) is 3.07. The highest BCUT2D eigenvalue weighted by Gasteiger charge is 2.19. The Labute approximate surface area is 146 Å². The summed E-state index contributed by atoms with van der Waals surface area (Å²) in [5.74, 6) is 0.463. The zero-order valence-corrected chi connectivity index (χ0v) is 14.6. The van der Waals surface area contributed by atoms with Crippen molar-refractivity contribution in [3.05, 3.63) is 53.8 Å². The van der Waals surface area contributed by atoms with Crippen LogP contribution in [-0.2, 0) is 16.0 Å². The van der Waals surface area contributed by atoms with E-state index in [2.05, 4.69) is 0 Å². The smallest absolute Gasteiger partial charge is 0.231 e. The van der Waals surface area contributed by atoms with Crippen LogP contribution in [0.5, 0.6) is 11.5 Å². The fourth-order valence-corrected chi connectivity index (χ4v) is 2.47. The summed E-state index contributed by atoms with van der Waals surface area (Å²) in [4.78, 5) is 14.3. The van der Waals surface area contributed by atoms with Gasteiger partial charge < -0.3 is 19.1 Å². The second-order valence-electron chi connectivity index (χ2n) is 5.35. The highest BCUT2D eigenvalue weighted by molar-refractivity contribution is 5.95. The highest BCUT2D eigenvalue weighted by Crippen LogP contribution is 2.31. The molecule has 0 bridgehead atoms. The van der Waals surface area contributed by atoms with E-state index in [0.717, 1.165) is 0 Å². The predicted molar refractivity (Wildman–Crippen MR) is 93.9 cm³/mol. The molecule has 0 aliphatic carbocycles. The lowest BCUT2D eigenvalue weighted by Crippen LogP contribution is -2.35. The molecular formula is C19H22FNO4. The Morgan fingerprint density at radius 1 is 1.04 bits per heavy atom. The van der Waals surface area contributed by atoms with E-state index >= 15 is 0 Å². The second-order valence-corrected chi connectivity index (χ2v) is 5.35. The molecule has 1 amide bonds. The number of ether oxygens (including phenoxy) is 3. The van der Waals surface area contributed by atoms with Crippen molar-refractivity contribution >= 4 is 11.6 Å². The number of hydrogen-bond donors (Lipinski definition) is 0. The lowest BCUT2D eigenvalue weighted by molar-refractivity contribution is -0.118. The van der Waals surface area contributed by atoms with Gasteiger partial charge in [0, 0.05) is 25.4 Å². The number of amides is 1. The van der Waals surface area contributed by atoms with E-state index in [4.69, 9.17) is 14.2 Å². The summed E-state index contributed by atoms with van der Waals surface area (Å²) in [5.41, 5.74) is 0.992. The summed E-state index contributed by atoms with van der Waals surface area (Å²) in [7, 11) is 4.64. The number of hydrogen-bond acceptors (Lipinski definition) is 4. The molecule has 0 saturated carbocycles. The molecular weight excluding hydrogens is 325 g/mol. The van der Waals surface area contributed by atoms with Gasteiger partial charge in [-0.3, -0.25) is 4.79 Å². The van der Waals surface area contributed by atoms with Crippen molar-refractivity contribution in [2.24, 2.45) is 0 Å². The van der Waals surface area contributed by atoms with E-state index in [9.17, 15) is 9.18 Å². The molecule has 0 aliphatic rings. The van der Waals surface area contributed by atoms with Crippen LogP contribution in [0.4, 0.5) is 10.1 Å². The van der Waals surface area contributed by atoms with E-state index in [1.165, 1.54) is 13.2 Å².